The highest BCUT2D eigenvalue weighted by Crippen LogP contribution is 2.40. The molecule has 0 spiro atoms. The number of aromatic hydroxyl groups is 1. The first kappa shape index (κ1) is 21.3. The van der Waals surface area contributed by atoms with E-state index in [4.69, 9.17) is 32.9 Å². The summed E-state index contributed by atoms with van der Waals surface area (Å²) in [4.78, 5) is 21.2. The van der Waals surface area contributed by atoms with E-state index in [1.807, 2.05) is 0 Å². The summed E-state index contributed by atoms with van der Waals surface area (Å²) in [6.45, 7) is 0. The number of halogens is 1. The van der Waals surface area contributed by atoms with E-state index < -0.39 is 16.6 Å². The van der Waals surface area contributed by atoms with Gasteiger partial charge in [-0.1, -0.05) is 11.6 Å². The Kier molecular flexibility index (Phi) is 5.88. The lowest BCUT2D eigenvalue weighted by Crippen LogP contribution is -1.97. The molecule has 3 aromatic rings. The van der Waals surface area contributed by atoms with Crippen LogP contribution in [0.15, 0.2) is 58.8 Å². The van der Waals surface area contributed by atoms with Gasteiger partial charge in [0.05, 0.1) is 26.9 Å². The summed E-state index contributed by atoms with van der Waals surface area (Å²) in [5.74, 6) is -1.09. The summed E-state index contributed by atoms with van der Waals surface area (Å²) >= 11 is 5.79. The maximum absolute atomic E-state index is 11.0. The minimum absolute atomic E-state index is 0.0857. The number of non-ortho nitro benzene ring substituents is 1. The van der Waals surface area contributed by atoms with Crippen LogP contribution in [0.5, 0.6) is 17.2 Å². The largest absolute Gasteiger partial charge is 0.504 e. The second kappa shape index (κ2) is 8.55. The van der Waals surface area contributed by atoms with E-state index in [-0.39, 0.29) is 44.8 Å². The van der Waals surface area contributed by atoms with E-state index in [9.17, 15) is 20.0 Å². The number of benzene rings is 3. The number of nitro benzene ring substituents is 1. The van der Waals surface area contributed by atoms with Gasteiger partial charge in [-0.3, -0.25) is 10.1 Å². The highest BCUT2D eigenvalue weighted by Gasteiger charge is 2.15. The van der Waals surface area contributed by atoms with Crippen molar-refractivity contribution in [2.45, 2.75) is 0 Å². The first-order valence-electron chi connectivity index (χ1n) is 8.44. The van der Waals surface area contributed by atoms with Gasteiger partial charge in [-0.2, -0.15) is 0 Å². The molecule has 0 amide bonds. The fourth-order valence-corrected chi connectivity index (χ4v) is 2.64. The van der Waals surface area contributed by atoms with Gasteiger partial charge in [0.1, 0.15) is 17.1 Å². The molecule has 0 saturated carbocycles. The summed E-state index contributed by atoms with van der Waals surface area (Å²) in [6, 6.07) is 10.3. The molecule has 0 unspecified atom stereocenters. The molecule has 11 nitrogen and oxygen atoms in total. The van der Waals surface area contributed by atoms with Crippen molar-refractivity contribution in [2.75, 3.05) is 11.5 Å². The van der Waals surface area contributed by atoms with Gasteiger partial charge in [0.15, 0.2) is 11.5 Å². The van der Waals surface area contributed by atoms with E-state index in [0.717, 1.165) is 12.1 Å². The minimum Gasteiger partial charge on any atom is -0.504 e. The van der Waals surface area contributed by atoms with Crippen LogP contribution < -0.4 is 16.2 Å². The second-order valence-corrected chi connectivity index (χ2v) is 6.54. The molecule has 0 fully saturated rings. The number of hydrogen-bond acceptors (Lipinski definition) is 9. The number of nitrogens with zero attached hydrogens (tertiary/aromatic N) is 3. The number of azo groups is 1. The van der Waals surface area contributed by atoms with Crippen molar-refractivity contribution < 1.29 is 24.7 Å². The molecule has 0 bridgehead atoms. The van der Waals surface area contributed by atoms with Gasteiger partial charge in [0.2, 0.25) is 0 Å². The summed E-state index contributed by atoms with van der Waals surface area (Å²) in [5.41, 5.74) is 11.7. The number of anilines is 2. The Morgan fingerprint density at radius 2 is 1.68 bits per heavy atom. The number of phenols is 1. The predicted molar refractivity (Wildman–Crippen MR) is 113 cm³/mol. The predicted octanol–water partition coefficient (Wildman–Crippen LogP) is 5.02. The molecule has 0 radical (unpaired) electrons. The molecule has 0 saturated heterocycles. The molecule has 31 heavy (non-hydrogen) atoms. The maximum atomic E-state index is 11.0. The van der Waals surface area contributed by atoms with Crippen molar-refractivity contribution in [3.05, 3.63) is 69.2 Å². The number of nitrogens with two attached hydrogens (primary N) is 2. The number of carbonyl (C=O) groups is 1. The van der Waals surface area contributed by atoms with Crippen LogP contribution in [0.3, 0.4) is 0 Å². The number of ether oxygens (including phenoxy) is 1. The standard InChI is InChI=1S/C19H14ClN5O6/c20-12-5-10(25(29)30)6-16(18(12)26)24-23-15-8-17(14(22)7-13(15)21)31-11-3-1-9(2-4-11)19(27)28/h1-8,26H,21-22H2,(H,27,28). The Balaban J connectivity index is 1.93. The molecule has 0 heterocycles. The molecule has 3 aromatic carbocycles. The van der Waals surface area contributed by atoms with Crippen LogP contribution in [-0.4, -0.2) is 21.1 Å². The zero-order chi connectivity index (χ0) is 22.7. The van der Waals surface area contributed by atoms with E-state index in [1.165, 1.54) is 36.4 Å². The second-order valence-electron chi connectivity index (χ2n) is 6.13. The molecule has 0 aliphatic rings. The number of nitrogen functional groups attached to an aromatic ring is 2. The Bertz CT molecular complexity index is 1210. The summed E-state index contributed by atoms with van der Waals surface area (Å²) in [5, 5.41) is 37.3. The van der Waals surface area contributed by atoms with E-state index in [0.29, 0.717) is 5.75 Å². The number of carboxylic acids is 1. The van der Waals surface area contributed by atoms with E-state index >= 15 is 0 Å². The summed E-state index contributed by atoms with van der Waals surface area (Å²) < 4.78 is 5.65. The van der Waals surface area contributed by atoms with Gasteiger partial charge >= 0.3 is 5.97 Å². The molecule has 0 aliphatic heterocycles. The van der Waals surface area contributed by atoms with Gasteiger partial charge in [-0.05, 0) is 30.3 Å². The SMILES string of the molecule is Nc1cc(N)c(Oc2ccc(C(=O)O)cc2)cc1N=Nc1cc([N+](=O)[O-])cc(Cl)c1O. The van der Waals surface area contributed by atoms with Crippen molar-refractivity contribution in [3.63, 3.8) is 0 Å². The number of aromatic carboxylic acids is 1. The number of hydrogen-bond donors (Lipinski definition) is 4. The highest BCUT2D eigenvalue weighted by molar-refractivity contribution is 6.32. The van der Waals surface area contributed by atoms with Gasteiger partial charge in [-0.15, -0.1) is 10.2 Å². The van der Waals surface area contributed by atoms with E-state index in [1.54, 1.807) is 0 Å². The van der Waals surface area contributed by atoms with Crippen molar-refractivity contribution in [2.24, 2.45) is 10.2 Å². The Morgan fingerprint density at radius 3 is 2.29 bits per heavy atom. The molecular weight excluding hydrogens is 430 g/mol. The van der Waals surface area contributed by atoms with Crippen LogP contribution in [0.25, 0.3) is 0 Å². The maximum Gasteiger partial charge on any atom is 0.335 e. The van der Waals surface area contributed by atoms with Crippen molar-refractivity contribution in [3.8, 4) is 17.2 Å². The zero-order valence-corrected chi connectivity index (χ0v) is 16.3. The van der Waals surface area contributed by atoms with Gasteiger partial charge in [0, 0.05) is 18.2 Å². The lowest BCUT2D eigenvalue weighted by molar-refractivity contribution is -0.384. The monoisotopic (exact) mass is 443 g/mol. The normalized spacial score (nSPS) is 10.9. The fraction of sp³-hybridized carbons (Fsp3) is 0. The van der Waals surface area contributed by atoms with Gasteiger partial charge in [-0.25, -0.2) is 4.79 Å². The van der Waals surface area contributed by atoms with Crippen molar-refractivity contribution >= 4 is 46.0 Å². The zero-order valence-electron chi connectivity index (χ0n) is 15.5. The third kappa shape index (κ3) is 4.79. The molecular formula is C19H14ClN5O6. The lowest BCUT2D eigenvalue weighted by Gasteiger charge is -2.11. The topological polar surface area (TPSA) is 187 Å². The Labute approximate surface area is 179 Å². The minimum atomic E-state index is -1.08. The lowest BCUT2D eigenvalue weighted by atomic mass is 10.2. The summed E-state index contributed by atoms with van der Waals surface area (Å²) in [7, 11) is 0. The molecule has 6 N–H and O–H groups in total. The fourth-order valence-electron chi connectivity index (χ4n) is 2.43. The van der Waals surface area contributed by atoms with Crippen molar-refractivity contribution in [1.82, 2.24) is 0 Å². The van der Waals surface area contributed by atoms with Gasteiger partial charge in [0.25, 0.3) is 5.69 Å². The quantitative estimate of drug-likeness (QED) is 0.177. The number of nitro groups is 1. The van der Waals surface area contributed by atoms with Crippen LogP contribution in [0, 0.1) is 10.1 Å². The highest BCUT2D eigenvalue weighted by atomic mass is 35.5. The van der Waals surface area contributed by atoms with Gasteiger partial charge < -0.3 is 26.4 Å². The molecule has 0 atom stereocenters. The molecule has 0 aromatic heterocycles. The van der Waals surface area contributed by atoms with Crippen LogP contribution in [0.1, 0.15) is 10.4 Å². The summed E-state index contributed by atoms with van der Waals surface area (Å²) in [6.07, 6.45) is 0. The number of rotatable bonds is 6. The third-order valence-corrected chi connectivity index (χ3v) is 4.28. The van der Waals surface area contributed by atoms with E-state index in [2.05, 4.69) is 10.2 Å². The average molecular weight is 444 g/mol. The Morgan fingerprint density at radius 1 is 1.03 bits per heavy atom. The number of phenolic OH excluding ortho intramolecular Hbond substituents is 1. The van der Waals surface area contributed by atoms with Crippen LogP contribution in [-0.2, 0) is 0 Å². The van der Waals surface area contributed by atoms with Crippen LogP contribution in [0.2, 0.25) is 5.02 Å². The van der Waals surface area contributed by atoms with Crippen molar-refractivity contribution in [1.29, 1.82) is 0 Å². The van der Waals surface area contributed by atoms with Crippen LogP contribution >= 0.6 is 11.6 Å². The Hall–Kier alpha value is -4.38. The van der Waals surface area contributed by atoms with Crippen LogP contribution in [0.4, 0.5) is 28.4 Å². The molecule has 0 aliphatic carbocycles. The average Bonchev–Trinajstić information content (AvgIpc) is 2.72. The molecule has 12 heteroatoms. The first-order chi connectivity index (χ1) is 14.7. The molecule has 3 rings (SSSR count). The smallest absolute Gasteiger partial charge is 0.335 e. The number of carboxylic acid groups (broad SMARTS) is 1. The molecule has 158 valence electrons. The third-order valence-electron chi connectivity index (χ3n) is 3.99. The first-order valence-corrected chi connectivity index (χ1v) is 8.82.